The Morgan fingerprint density at radius 2 is 1.93 bits per heavy atom. The maximum Gasteiger partial charge on any atom is 0.236 e. The fraction of sp³-hybridized carbons (Fsp3) is 0.565. The van der Waals surface area contributed by atoms with Crippen molar-refractivity contribution in [3.63, 3.8) is 0 Å². The molecule has 1 N–H and O–H groups in total. The molecule has 2 fully saturated rings. The third-order valence-electron chi connectivity index (χ3n) is 6.59. The molecule has 0 saturated heterocycles. The topological polar surface area (TPSA) is 51.2 Å². The van der Waals surface area contributed by atoms with Gasteiger partial charge in [-0.25, -0.2) is 4.98 Å². The molecule has 2 aliphatic carbocycles. The number of nitrogens with one attached hydrogen (secondary N) is 1. The summed E-state index contributed by atoms with van der Waals surface area (Å²) < 4.78 is 5.28. The zero-order valence-corrected chi connectivity index (χ0v) is 18.5. The van der Waals surface area contributed by atoms with Crippen LogP contribution in [-0.4, -0.2) is 23.4 Å². The van der Waals surface area contributed by atoms with E-state index in [2.05, 4.69) is 10.3 Å². The maximum atomic E-state index is 13.3. The highest BCUT2D eigenvalue weighted by Crippen LogP contribution is 2.43. The summed E-state index contributed by atoms with van der Waals surface area (Å²) in [6.07, 6.45) is 11.6. The summed E-state index contributed by atoms with van der Waals surface area (Å²) >= 11 is 8.12. The largest absolute Gasteiger partial charge is 0.497 e. The SMILES string of the molecule is COc1ccc(C2(C(=O)Nc3ncc(C[C@@H]4CCCCC4Cl)s3)CCCC2)cc1. The number of carbonyl (C=O) groups excluding carboxylic acids is 1. The second kappa shape index (κ2) is 9.05. The van der Waals surface area contributed by atoms with E-state index in [1.54, 1.807) is 18.4 Å². The number of methoxy groups -OCH3 is 1. The second-order valence-corrected chi connectivity index (χ2v) is 10.0. The lowest BCUT2D eigenvalue weighted by Gasteiger charge is -2.28. The summed E-state index contributed by atoms with van der Waals surface area (Å²) in [6, 6.07) is 7.94. The average Bonchev–Trinajstić information content (AvgIpc) is 3.40. The van der Waals surface area contributed by atoms with E-state index in [1.165, 1.54) is 24.1 Å². The summed E-state index contributed by atoms with van der Waals surface area (Å²) in [7, 11) is 1.66. The van der Waals surface area contributed by atoms with Crippen LogP contribution in [0, 0.1) is 5.92 Å². The van der Waals surface area contributed by atoms with Crippen molar-refractivity contribution in [2.75, 3.05) is 12.4 Å². The first-order valence-corrected chi connectivity index (χ1v) is 11.9. The Morgan fingerprint density at radius 3 is 2.62 bits per heavy atom. The summed E-state index contributed by atoms with van der Waals surface area (Å²) in [5.74, 6) is 1.40. The summed E-state index contributed by atoms with van der Waals surface area (Å²) in [5, 5.41) is 4.09. The molecule has 6 heteroatoms. The molecular weight excluding hydrogens is 404 g/mol. The molecule has 0 spiro atoms. The number of rotatable bonds is 6. The van der Waals surface area contributed by atoms with Crippen molar-refractivity contribution in [1.29, 1.82) is 0 Å². The Bertz CT molecular complexity index is 830. The average molecular weight is 433 g/mol. The molecule has 1 aromatic heterocycles. The molecule has 1 aromatic carbocycles. The first kappa shape index (κ1) is 20.7. The molecule has 29 heavy (non-hydrogen) atoms. The number of anilines is 1. The number of hydrogen-bond acceptors (Lipinski definition) is 4. The highest BCUT2D eigenvalue weighted by atomic mass is 35.5. The van der Waals surface area contributed by atoms with E-state index >= 15 is 0 Å². The molecular formula is C23H29ClN2O2S. The second-order valence-electron chi connectivity index (χ2n) is 8.37. The molecule has 1 heterocycles. The van der Waals surface area contributed by atoms with Gasteiger partial charge in [0, 0.05) is 16.5 Å². The first-order chi connectivity index (χ1) is 14.1. The van der Waals surface area contributed by atoms with E-state index in [0.29, 0.717) is 11.0 Å². The molecule has 2 aliphatic rings. The van der Waals surface area contributed by atoms with Crippen LogP contribution in [-0.2, 0) is 16.6 Å². The highest BCUT2D eigenvalue weighted by Gasteiger charge is 2.43. The van der Waals surface area contributed by atoms with Gasteiger partial charge in [0.05, 0.1) is 12.5 Å². The van der Waals surface area contributed by atoms with Gasteiger partial charge in [0.2, 0.25) is 5.91 Å². The van der Waals surface area contributed by atoms with E-state index in [-0.39, 0.29) is 11.3 Å². The minimum Gasteiger partial charge on any atom is -0.497 e. The Morgan fingerprint density at radius 1 is 1.21 bits per heavy atom. The summed E-state index contributed by atoms with van der Waals surface area (Å²) in [4.78, 5) is 19.1. The Kier molecular flexibility index (Phi) is 6.45. The molecule has 2 saturated carbocycles. The quantitative estimate of drug-likeness (QED) is 0.574. The fourth-order valence-electron chi connectivity index (χ4n) is 4.86. The third kappa shape index (κ3) is 4.46. The molecule has 1 amide bonds. The molecule has 4 rings (SSSR count). The zero-order chi connectivity index (χ0) is 20.3. The molecule has 2 atom stereocenters. The molecule has 0 bridgehead atoms. The van der Waals surface area contributed by atoms with Crippen molar-refractivity contribution in [2.24, 2.45) is 5.92 Å². The number of nitrogens with zero attached hydrogens (tertiary/aromatic N) is 1. The minimum absolute atomic E-state index is 0.0638. The first-order valence-electron chi connectivity index (χ1n) is 10.7. The third-order valence-corrected chi connectivity index (χ3v) is 8.10. The number of benzene rings is 1. The van der Waals surface area contributed by atoms with Crippen LogP contribution in [0.4, 0.5) is 5.13 Å². The Balaban J connectivity index is 1.46. The van der Waals surface area contributed by atoms with Gasteiger partial charge in [-0.2, -0.15) is 0 Å². The van der Waals surface area contributed by atoms with Gasteiger partial charge in [0.25, 0.3) is 0 Å². The predicted molar refractivity (Wildman–Crippen MR) is 119 cm³/mol. The van der Waals surface area contributed by atoms with E-state index in [9.17, 15) is 4.79 Å². The molecule has 2 aromatic rings. The number of amides is 1. The van der Waals surface area contributed by atoms with Crippen molar-refractivity contribution >= 4 is 34.0 Å². The van der Waals surface area contributed by atoms with E-state index < -0.39 is 5.41 Å². The summed E-state index contributed by atoms with van der Waals surface area (Å²) in [6.45, 7) is 0. The van der Waals surface area contributed by atoms with Gasteiger partial charge >= 0.3 is 0 Å². The van der Waals surface area contributed by atoms with Crippen LogP contribution in [0.2, 0.25) is 0 Å². The Hall–Kier alpha value is -1.59. The zero-order valence-electron chi connectivity index (χ0n) is 17.0. The molecule has 156 valence electrons. The smallest absolute Gasteiger partial charge is 0.236 e. The highest BCUT2D eigenvalue weighted by molar-refractivity contribution is 7.15. The van der Waals surface area contributed by atoms with Crippen LogP contribution in [0.25, 0.3) is 0 Å². The van der Waals surface area contributed by atoms with Crippen molar-refractivity contribution in [1.82, 2.24) is 4.98 Å². The number of aromatic nitrogens is 1. The van der Waals surface area contributed by atoms with Gasteiger partial charge in [-0.15, -0.1) is 22.9 Å². The predicted octanol–water partition coefficient (Wildman–Crippen LogP) is 5.94. The number of thiazole rings is 1. The lowest BCUT2D eigenvalue weighted by atomic mass is 9.78. The molecule has 1 unspecified atom stereocenters. The van der Waals surface area contributed by atoms with E-state index in [4.69, 9.17) is 16.3 Å². The number of halogens is 1. The maximum absolute atomic E-state index is 13.3. The van der Waals surface area contributed by atoms with Gasteiger partial charge in [0.1, 0.15) is 5.75 Å². The van der Waals surface area contributed by atoms with Gasteiger partial charge in [0.15, 0.2) is 5.13 Å². The number of hydrogen-bond donors (Lipinski definition) is 1. The van der Waals surface area contributed by atoms with Crippen molar-refractivity contribution in [2.45, 2.75) is 68.6 Å². The molecule has 0 radical (unpaired) electrons. The fourth-order valence-corrected chi connectivity index (χ4v) is 6.13. The monoisotopic (exact) mass is 432 g/mol. The van der Waals surface area contributed by atoms with E-state index in [0.717, 1.165) is 49.8 Å². The van der Waals surface area contributed by atoms with Crippen molar-refractivity contribution < 1.29 is 9.53 Å². The standard InChI is InChI=1S/C23H29ClN2O2S/c1-28-18-10-8-17(9-11-18)23(12-4-5-13-23)21(27)26-22-25-15-19(29-22)14-16-6-2-3-7-20(16)24/h8-11,15-16,20H,2-7,12-14H2,1H3,(H,25,26,27)/t16-,20?/m0/s1. The lowest BCUT2D eigenvalue weighted by molar-refractivity contribution is -0.121. The van der Waals surface area contributed by atoms with Crippen LogP contribution >= 0.6 is 22.9 Å². The van der Waals surface area contributed by atoms with Crippen molar-refractivity contribution in [3.05, 3.63) is 40.9 Å². The normalized spacial score (nSPS) is 23.7. The molecule has 4 nitrogen and oxygen atoms in total. The van der Waals surface area contributed by atoms with Crippen LogP contribution in [0.3, 0.4) is 0 Å². The van der Waals surface area contributed by atoms with Crippen molar-refractivity contribution in [3.8, 4) is 5.75 Å². The van der Waals surface area contributed by atoms with Crippen LogP contribution < -0.4 is 10.1 Å². The van der Waals surface area contributed by atoms with Crippen LogP contribution in [0.15, 0.2) is 30.5 Å². The van der Waals surface area contributed by atoms with Gasteiger partial charge < -0.3 is 10.1 Å². The molecule has 0 aliphatic heterocycles. The summed E-state index contributed by atoms with van der Waals surface area (Å²) in [5.41, 5.74) is 0.597. The Labute approximate surface area is 182 Å². The van der Waals surface area contributed by atoms with Gasteiger partial charge in [-0.1, -0.05) is 37.8 Å². The van der Waals surface area contributed by atoms with Gasteiger partial charge in [-0.05, 0) is 55.7 Å². The van der Waals surface area contributed by atoms with Crippen LogP contribution in [0.1, 0.15) is 61.8 Å². The van der Waals surface area contributed by atoms with Gasteiger partial charge in [-0.3, -0.25) is 4.79 Å². The van der Waals surface area contributed by atoms with Crippen LogP contribution in [0.5, 0.6) is 5.75 Å². The number of alkyl halides is 1. The number of carbonyl (C=O) groups is 1. The minimum atomic E-state index is -0.470. The lowest BCUT2D eigenvalue weighted by Crippen LogP contribution is -2.37. The van der Waals surface area contributed by atoms with E-state index in [1.807, 2.05) is 30.5 Å². The number of ether oxygens (including phenoxy) is 1.